The van der Waals surface area contributed by atoms with Crippen LogP contribution < -0.4 is 0 Å². The zero-order valence-electron chi connectivity index (χ0n) is 11.8. The van der Waals surface area contributed by atoms with Crippen LogP contribution in [0.3, 0.4) is 0 Å². The van der Waals surface area contributed by atoms with Gasteiger partial charge in [0.1, 0.15) is 0 Å². The van der Waals surface area contributed by atoms with E-state index in [0.717, 1.165) is 12.0 Å². The third kappa shape index (κ3) is 2.62. The molecule has 1 aliphatic heterocycles. The molecule has 0 aromatic heterocycles. The molecule has 3 rings (SSSR count). The van der Waals surface area contributed by atoms with Gasteiger partial charge in [0.15, 0.2) is 0 Å². The molecule has 104 valence electrons. The smallest absolute Gasteiger partial charge is 0.0927 e. The van der Waals surface area contributed by atoms with E-state index in [0.29, 0.717) is 13.0 Å². The molecule has 1 saturated heterocycles. The van der Waals surface area contributed by atoms with E-state index in [2.05, 4.69) is 43.3 Å². The molecule has 0 saturated carbocycles. The third-order valence-electron chi connectivity index (χ3n) is 4.10. The molecule has 0 spiro atoms. The second-order valence-corrected chi connectivity index (χ2v) is 5.67. The van der Waals surface area contributed by atoms with E-state index < -0.39 is 0 Å². The van der Waals surface area contributed by atoms with Crippen LogP contribution in [0, 0.1) is 0 Å². The number of benzene rings is 2. The standard InChI is InChI=1S/C18H20O2/c1-18(13-17(19)11-12-20-18)16-9-7-15(8-10-16)14-5-3-2-4-6-14/h2-10,17,19H,11-13H2,1H3. The Kier molecular flexibility index (Phi) is 3.60. The molecule has 0 radical (unpaired) electrons. The van der Waals surface area contributed by atoms with Crippen LogP contribution in [0.25, 0.3) is 11.1 Å². The van der Waals surface area contributed by atoms with Gasteiger partial charge in [0, 0.05) is 6.42 Å². The summed E-state index contributed by atoms with van der Waals surface area (Å²) in [6, 6.07) is 18.8. The van der Waals surface area contributed by atoms with Crippen LogP contribution in [-0.4, -0.2) is 17.8 Å². The summed E-state index contributed by atoms with van der Waals surface area (Å²) < 4.78 is 5.91. The fraction of sp³-hybridized carbons (Fsp3) is 0.333. The lowest BCUT2D eigenvalue weighted by atomic mass is 9.86. The van der Waals surface area contributed by atoms with E-state index in [1.54, 1.807) is 0 Å². The van der Waals surface area contributed by atoms with Crippen molar-refractivity contribution in [3.05, 3.63) is 60.2 Å². The molecule has 2 atom stereocenters. The van der Waals surface area contributed by atoms with Crippen LogP contribution in [0.2, 0.25) is 0 Å². The highest BCUT2D eigenvalue weighted by atomic mass is 16.5. The van der Waals surface area contributed by atoms with Crippen LogP contribution in [0.5, 0.6) is 0 Å². The van der Waals surface area contributed by atoms with Gasteiger partial charge in [0.2, 0.25) is 0 Å². The summed E-state index contributed by atoms with van der Waals surface area (Å²) in [5.41, 5.74) is 3.19. The van der Waals surface area contributed by atoms with Gasteiger partial charge in [-0.3, -0.25) is 0 Å². The van der Waals surface area contributed by atoms with Crippen molar-refractivity contribution in [2.45, 2.75) is 31.5 Å². The van der Waals surface area contributed by atoms with E-state index >= 15 is 0 Å². The average molecular weight is 268 g/mol. The second kappa shape index (κ2) is 5.39. The summed E-state index contributed by atoms with van der Waals surface area (Å²) in [6.45, 7) is 2.69. The third-order valence-corrected chi connectivity index (χ3v) is 4.10. The zero-order chi connectivity index (χ0) is 14.0. The number of aliphatic hydroxyl groups is 1. The van der Waals surface area contributed by atoms with Crippen molar-refractivity contribution < 1.29 is 9.84 Å². The van der Waals surface area contributed by atoms with E-state index in [4.69, 9.17) is 4.74 Å². The number of ether oxygens (including phenoxy) is 1. The SMILES string of the molecule is CC1(c2ccc(-c3ccccc3)cc2)CC(O)CCO1. The Morgan fingerprint density at radius 3 is 2.30 bits per heavy atom. The van der Waals surface area contributed by atoms with Gasteiger partial charge < -0.3 is 9.84 Å². The molecular formula is C18H20O2. The zero-order valence-corrected chi connectivity index (χ0v) is 11.8. The predicted octanol–water partition coefficient (Wildman–Crippen LogP) is 3.74. The van der Waals surface area contributed by atoms with Crippen molar-refractivity contribution in [1.29, 1.82) is 0 Å². The normalized spacial score (nSPS) is 26.4. The summed E-state index contributed by atoms with van der Waals surface area (Å²) in [4.78, 5) is 0. The van der Waals surface area contributed by atoms with Gasteiger partial charge in [-0.25, -0.2) is 0 Å². The van der Waals surface area contributed by atoms with Crippen LogP contribution in [0.15, 0.2) is 54.6 Å². The lowest BCUT2D eigenvalue weighted by Gasteiger charge is -2.37. The van der Waals surface area contributed by atoms with Crippen LogP contribution >= 0.6 is 0 Å². The maximum atomic E-state index is 9.86. The van der Waals surface area contributed by atoms with Gasteiger partial charge >= 0.3 is 0 Å². The van der Waals surface area contributed by atoms with Gasteiger partial charge in [-0.1, -0.05) is 54.6 Å². The fourth-order valence-corrected chi connectivity index (χ4v) is 2.88. The van der Waals surface area contributed by atoms with Crippen molar-refractivity contribution >= 4 is 0 Å². The molecule has 2 nitrogen and oxygen atoms in total. The molecule has 0 bridgehead atoms. The predicted molar refractivity (Wildman–Crippen MR) is 80.4 cm³/mol. The maximum absolute atomic E-state index is 9.86. The second-order valence-electron chi connectivity index (χ2n) is 5.67. The van der Waals surface area contributed by atoms with Crippen LogP contribution in [0.1, 0.15) is 25.3 Å². The molecule has 2 unspecified atom stereocenters. The number of aliphatic hydroxyl groups excluding tert-OH is 1. The Morgan fingerprint density at radius 1 is 1.00 bits per heavy atom. The summed E-state index contributed by atoms with van der Waals surface area (Å²) in [6.07, 6.45) is 1.14. The number of hydrogen-bond donors (Lipinski definition) is 1. The fourth-order valence-electron chi connectivity index (χ4n) is 2.88. The Hall–Kier alpha value is -1.64. The molecule has 0 aliphatic carbocycles. The first kappa shape index (κ1) is 13.3. The molecule has 1 aliphatic rings. The molecule has 20 heavy (non-hydrogen) atoms. The van der Waals surface area contributed by atoms with E-state index in [1.165, 1.54) is 11.1 Å². The summed E-state index contributed by atoms with van der Waals surface area (Å²) in [5, 5.41) is 9.86. The van der Waals surface area contributed by atoms with E-state index in [9.17, 15) is 5.11 Å². The Balaban J connectivity index is 1.86. The highest BCUT2D eigenvalue weighted by Gasteiger charge is 2.34. The minimum absolute atomic E-state index is 0.262. The van der Waals surface area contributed by atoms with Gasteiger partial charge in [-0.05, 0) is 30.0 Å². The van der Waals surface area contributed by atoms with E-state index in [-0.39, 0.29) is 11.7 Å². The van der Waals surface area contributed by atoms with Gasteiger partial charge in [0.25, 0.3) is 0 Å². The molecule has 1 fully saturated rings. The molecule has 2 aromatic rings. The number of hydrogen-bond acceptors (Lipinski definition) is 2. The molecule has 1 heterocycles. The topological polar surface area (TPSA) is 29.5 Å². The van der Waals surface area contributed by atoms with Crippen molar-refractivity contribution in [3.8, 4) is 11.1 Å². The minimum atomic E-state index is -0.368. The first-order valence-electron chi connectivity index (χ1n) is 7.15. The van der Waals surface area contributed by atoms with Crippen molar-refractivity contribution in [3.63, 3.8) is 0 Å². The number of rotatable bonds is 2. The molecular weight excluding hydrogens is 248 g/mol. The van der Waals surface area contributed by atoms with E-state index in [1.807, 2.05) is 18.2 Å². The molecule has 1 N–H and O–H groups in total. The minimum Gasteiger partial charge on any atom is -0.393 e. The average Bonchev–Trinajstić information content (AvgIpc) is 2.48. The van der Waals surface area contributed by atoms with Gasteiger partial charge in [-0.2, -0.15) is 0 Å². The molecule has 2 aromatic carbocycles. The van der Waals surface area contributed by atoms with Gasteiger partial charge in [-0.15, -0.1) is 0 Å². The quantitative estimate of drug-likeness (QED) is 0.899. The largest absolute Gasteiger partial charge is 0.393 e. The first-order chi connectivity index (χ1) is 9.67. The van der Waals surface area contributed by atoms with Crippen LogP contribution in [0.4, 0.5) is 0 Å². The molecule has 2 heteroatoms. The van der Waals surface area contributed by atoms with Crippen molar-refractivity contribution in [2.75, 3.05) is 6.61 Å². The van der Waals surface area contributed by atoms with Gasteiger partial charge in [0.05, 0.1) is 18.3 Å². The van der Waals surface area contributed by atoms with Crippen molar-refractivity contribution in [2.24, 2.45) is 0 Å². The maximum Gasteiger partial charge on any atom is 0.0927 e. The Morgan fingerprint density at radius 2 is 1.65 bits per heavy atom. The lowest BCUT2D eigenvalue weighted by molar-refractivity contribution is -0.112. The molecule has 0 amide bonds. The summed E-state index contributed by atoms with van der Waals surface area (Å²) in [7, 11) is 0. The Bertz CT molecular complexity index is 562. The lowest BCUT2D eigenvalue weighted by Crippen LogP contribution is -2.36. The summed E-state index contributed by atoms with van der Waals surface area (Å²) >= 11 is 0. The highest BCUT2D eigenvalue weighted by molar-refractivity contribution is 5.63. The Labute approximate surface area is 120 Å². The van der Waals surface area contributed by atoms with Crippen LogP contribution in [-0.2, 0) is 10.3 Å². The monoisotopic (exact) mass is 268 g/mol. The van der Waals surface area contributed by atoms with Crippen molar-refractivity contribution in [1.82, 2.24) is 0 Å². The summed E-state index contributed by atoms with van der Waals surface area (Å²) in [5.74, 6) is 0. The first-order valence-corrected chi connectivity index (χ1v) is 7.15. The highest BCUT2D eigenvalue weighted by Crippen LogP contribution is 2.35.